The number of hydrogen-bond acceptors (Lipinski definition) is 3. The van der Waals surface area contributed by atoms with Crippen LogP contribution >= 0.6 is 0 Å². The molecule has 0 fully saturated rings. The monoisotopic (exact) mass is 224 g/mol. The molecule has 0 aliphatic carbocycles. The van der Waals surface area contributed by atoms with Crippen molar-refractivity contribution in [3.05, 3.63) is 59.7 Å². The molecule has 0 bridgehead atoms. The molecule has 17 heavy (non-hydrogen) atoms. The maximum absolute atomic E-state index is 10.7. The minimum atomic E-state index is -1.16. The zero-order valence-corrected chi connectivity index (χ0v) is 8.79. The van der Waals surface area contributed by atoms with Crippen LogP contribution in [-0.2, 0) is 0 Å². The van der Waals surface area contributed by atoms with Crippen LogP contribution in [0.4, 0.5) is 0 Å². The standard InChI is InChI=1S/C13H8N2O2/c16-13(17)12-14-9-8-11(15-12)7-6-10-4-2-1-3-5-10/h1-5,8-9H,(H,16,17). The van der Waals surface area contributed by atoms with E-state index in [9.17, 15) is 4.79 Å². The lowest BCUT2D eigenvalue weighted by Crippen LogP contribution is -2.04. The first kappa shape index (κ1) is 10.8. The van der Waals surface area contributed by atoms with Crippen LogP contribution in [0.15, 0.2) is 42.6 Å². The summed E-state index contributed by atoms with van der Waals surface area (Å²) in [6, 6.07) is 11.0. The summed E-state index contributed by atoms with van der Waals surface area (Å²) in [6.45, 7) is 0. The molecule has 2 rings (SSSR count). The highest BCUT2D eigenvalue weighted by molar-refractivity contribution is 5.83. The molecule has 1 aromatic heterocycles. The van der Waals surface area contributed by atoms with Crippen molar-refractivity contribution in [1.29, 1.82) is 0 Å². The van der Waals surface area contributed by atoms with Crippen LogP contribution in [0.25, 0.3) is 0 Å². The smallest absolute Gasteiger partial charge is 0.373 e. The summed E-state index contributed by atoms with van der Waals surface area (Å²) in [5.74, 6) is 4.28. The molecule has 4 heteroatoms. The number of hydrogen-bond donors (Lipinski definition) is 1. The van der Waals surface area contributed by atoms with Gasteiger partial charge in [-0.15, -0.1) is 0 Å². The van der Waals surface area contributed by atoms with Crippen LogP contribution < -0.4 is 0 Å². The molecular weight excluding hydrogens is 216 g/mol. The third-order valence-corrected chi connectivity index (χ3v) is 1.96. The summed E-state index contributed by atoms with van der Waals surface area (Å²) < 4.78 is 0. The van der Waals surface area contributed by atoms with Gasteiger partial charge in [0.1, 0.15) is 5.69 Å². The predicted octanol–water partition coefficient (Wildman–Crippen LogP) is 1.57. The Labute approximate surface area is 98.0 Å². The first-order chi connectivity index (χ1) is 8.25. The number of aromatic carboxylic acids is 1. The highest BCUT2D eigenvalue weighted by Crippen LogP contribution is 1.97. The van der Waals surface area contributed by atoms with Gasteiger partial charge in [-0.1, -0.05) is 24.1 Å². The number of carboxylic acid groups (broad SMARTS) is 1. The van der Waals surface area contributed by atoms with Crippen molar-refractivity contribution < 1.29 is 9.90 Å². The van der Waals surface area contributed by atoms with Gasteiger partial charge >= 0.3 is 5.97 Å². The van der Waals surface area contributed by atoms with E-state index in [1.807, 2.05) is 30.3 Å². The molecule has 0 aliphatic heterocycles. The number of rotatable bonds is 1. The van der Waals surface area contributed by atoms with Gasteiger partial charge < -0.3 is 5.11 Å². The van der Waals surface area contributed by atoms with Gasteiger partial charge in [-0.25, -0.2) is 14.8 Å². The third-order valence-electron chi connectivity index (χ3n) is 1.96. The quantitative estimate of drug-likeness (QED) is 0.747. The van der Waals surface area contributed by atoms with Gasteiger partial charge in [0.2, 0.25) is 5.82 Å². The summed E-state index contributed by atoms with van der Waals surface area (Å²) in [7, 11) is 0. The van der Waals surface area contributed by atoms with E-state index in [0.29, 0.717) is 5.69 Å². The summed E-state index contributed by atoms with van der Waals surface area (Å²) in [5, 5.41) is 8.72. The molecule has 1 aromatic carbocycles. The summed E-state index contributed by atoms with van der Waals surface area (Å²) in [6.07, 6.45) is 1.38. The largest absolute Gasteiger partial charge is 0.475 e. The first-order valence-electron chi connectivity index (χ1n) is 4.89. The molecule has 1 N–H and O–H groups in total. The number of aromatic nitrogens is 2. The van der Waals surface area contributed by atoms with E-state index >= 15 is 0 Å². The lowest BCUT2D eigenvalue weighted by Gasteiger charge is -1.92. The van der Waals surface area contributed by atoms with Crippen molar-refractivity contribution >= 4 is 5.97 Å². The highest BCUT2D eigenvalue weighted by atomic mass is 16.4. The van der Waals surface area contributed by atoms with Gasteiger partial charge in [-0.2, -0.15) is 0 Å². The van der Waals surface area contributed by atoms with Crippen LogP contribution in [0.5, 0.6) is 0 Å². The minimum absolute atomic E-state index is 0.245. The van der Waals surface area contributed by atoms with Crippen molar-refractivity contribution in [1.82, 2.24) is 9.97 Å². The minimum Gasteiger partial charge on any atom is -0.475 e. The molecule has 0 saturated heterocycles. The molecule has 0 radical (unpaired) electrons. The Balaban J connectivity index is 2.28. The fourth-order valence-electron chi connectivity index (χ4n) is 1.19. The molecule has 2 aromatic rings. The number of nitrogens with zero attached hydrogens (tertiary/aromatic N) is 2. The van der Waals surface area contributed by atoms with Crippen LogP contribution in [0, 0.1) is 11.8 Å². The second kappa shape index (κ2) is 4.90. The van der Waals surface area contributed by atoms with Crippen molar-refractivity contribution in [2.75, 3.05) is 0 Å². The Bertz CT molecular complexity index is 598. The summed E-state index contributed by atoms with van der Waals surface area (Å²) in [4.78, 5) is 18.1. The van der Waals surface area contributed by atoms with E-state index < -0.39 is 5.97 Å². The zero-order chi connectivity index (χ0) is 12.1. The molecule has 0 spiro atoms. The molecule has 0 aliphatic rings. The molecule has 0 atom stereocenters. The Morgan fingerprint density at radius 1 is 1.12 bits per heavy atom. The first-order valence-corrected chi connectivity index (χ1v) is 4.89. The van der Waals surface area contributed by atoms with Crippen molar-refractivity contribution in [2.24, 2.45) is 0 Å². The normalized spacial score (nSPS) is 9.18. The Kier molecular flexibility index (Phi) is 3.13. The second-order valence-electron chi connectivity index (χ2n) is 3.19. The van der Waals surface area contributed by atoms with Crippen LogP contribution in [0.3, 0.4) is 0 Å². The Hall–Kier alpha value is -2.67. The lowest BCUT2D eigenvalue weighted by molar-refractivity contribution is 0.0683. The molecule has 1 heterocycles. The van der Waals surface area contributed by atoms with Gasteiger partial charge in [0.05, 0.1) is 0 Å². The van der Waals surface area contributed by atoms with Crippen molar-refractivity contribution in [3.8, 4) is 11.8 Å². The molecule has 0 amide bonds. The van der Waals surface area contributed by atoms with Gasteiger partial charge in [0.15, 0.2) is 0 Å². The fraction of sp³-hybridized carbons (Fsp3) is 0. The maximum Gasteiger partial charge on any atom is 0.373 e. The fourth-order valence-corrected chi connectivity index (χ4v) is 1.19. The van der Waals surface area contributed by atoms with E-state index in [0.717, 1.165) is 5.56 Å². The van der Waals surface area contributed by atoms with E-state index in [4.69, 9.17) is 5.11 Å². The average Bonchev–Trinajstić information content (AvgIpc) is 2.38. The molecule has 0 unspecified atom stereocenters. The predicted molar refractivity (Wildman–Crippen MR) is 61.4 cm³/mol. The lowest BCUT2D eigenvalue weighted by atomic mass is 10.2. The van der Waals surface area contributed by atoms with E-state index in [-0.39, 0.29) is 5.82 Å². The van der Waals surface area contributed by atoms with E-state index in [1.165, 1.54) is 6.20 Å². The molecular formula is C13H8N2O2. The van der Waals surface area contributed by atoms with Crippen molar-refractivity contribution in [3.63, 3.8) is 0 Å². The second-order valence-corrected chi connectivity index (χ2v) is 3.19. The van der Waals surface area contributed by atoms with E-state index in [1.54, 1.807) is 6.07 Å². The van der Waals surface area contributed by atoms with Gasteiger partial charge in [0, 0.05) is 11.8 Å². The number of benzene rings is 1. The van der Waals surface area contributed by atoms with Gasteiger partial charge in [0.25, 0.3) is 0 Å². The summed E-state index contributed by atoms with van der Waals surface area (Å²) >= 11 is 0. The van der Waals surface area contributed by atoms with Gasteiger partial charge in [-0.3, -0.25) is 0 Å². The van der Waals surface area contributed by atoms with Crippen molar-refractivity contribution in [2.45, 2.75) is 0 Å². The molecule has 82 valence electrons. The number of carboxylic acids is 1. The van der Waals surface area contributed by atoms with Gasteiger partial charge in [-0.05, 0) is 24.1 Å². The Morgan fingerprint density at radius 2 is 1.88 bits per heavy atom. The third kappa shape index (κ3) is 2.89. The van der Waals surface area contributed by atoms with Crippen LogP contribution in [-0.4, -0.2) is 21.0 Å². The summed E-state index contributed by atoms with van der Waals surface area (Å²) in [5.41, 5.74) is 1.24. The zero-order valence-electron chi connectivity index (χ0n) is 8.79. The SMILES string of the molecule is O=C(O)c1nccc(C#Cc2ccccc2)n1. The number of carbonyl (C=O) groups is 1. The van der Waals surface area contributed by atoms with E-state index in [2.05, 4.69) is 21.8 Å². The van der Waals surface area contributed by atoms with Crippen LogP contribution in [0.2, 0.25) is 0 Å². The molecule has 0 saturated carbocycles. The van der Waals surface area contributed by atoms with Crippen LogP contribution in [0.1, 0.15) is 21.9 Å². The Morgan fingerprint density at radius 3 is 2.59 bits per heavy atom. The average molecular weight is 224 g/mol. The topological polar surface area (TPSA) is 63.1 Å². The maximum atomic E-state index is 10.7. The molecule has 4 nitrogen and oxygen atoms in total. The highest BCUT2D eigenvalue weighted by Gasteiger charge is 2.05.